The lowest BCUT2D eigenvalue weighted by Gasteiger charge is -2.24. The highest BCUT2D eigenvalue weighted by atomic mass is 16.1. The largest absolute Gasteiger partial charge is 0.295 e. The monoisotopic (exact) mass is 222 g/mol. The second kappa shape index (κ2) is 6.22. The molecule has 92 valence electrons. The molecule has 0 saturated heterocycles. The molecule has 0 bridgehead atoms. The van der Waals surface area contributed by atoms with E-state index in [1.54, 1.807) is 0 Å². The normalized spacial score (nSPS) is 33.1. The van der Waals surface area contributed by atoms with Gasteiger partial charge in [-0.05, 0) is 49.5 Å². The summed E-state index contributed by atoms with van der Waals surface area (Å²) in [5, 5.41) is 0. The van der Waals surface area contributed by atoms with Crippen LogP contribution in [-0.2, 0) is 4.79 Å². The number of carbonyl (C=O) groups excluding carboxylic acids is 1. The minimum Gasteiger partial charge on any atom is -0.295 e. The van der Waals surface area contributed by atoms with Crippen LogP contribution in [0.15, 0.2) is 12.2 Å². The molecule has 0 spiro atoms. The molecule has 0 N–H and O–H groups in total. The average molecular weight is 222 g/mol. The van der Waals surface area contributed by atoms with Crippen molar-refractivity contribution in [2.75, 3.05) is 0 Å². The highest BCUT2D eigenvalue weighted by Gasteiger charge is 2.19. The van der Waals surface area contributed by atoms with E-state index in [0.29, 0.717) is 11.7 Å². The quantitative estimate of drug-likeness (QED) is 0.649. The maximum Gasteiger partial charge on any atom is 0.158 e. The number of hydrogen-bond donors (Lipinski definition) is 0. The Balaban J connectivity index is 2.68. The molecule has 0 aromatic carbocycles. The van der Waals surface area contributed by atoms with Crippen molar-refractivity contribution >= 4 is 5.78 Å². The predicted molar refractivity (Wildman–Crippen MR) is 69.3 cm³/mol. The molecule has 0 heterocycles. The lowest BCUT2D eigenvalue weighted by atomic mass is 9.81. The first-order valence-electron chi connectivity index (χ1n) is 6.72. The van der Waals surface area contributed by atoms with Crippen molar-refractivity contribution < 1.29 is 4.79 Å². The van der Waals surface area contributed by atoms with Crippen LogP contribution in [0.4, 0.5) is 0 Å². The van der Waals surface area contributed by atoms with Crippen LogP contribution in [0.1, 0.15) is 53.4 Å². The van der Waals surface area contributed by atoms with Crippen LogP contribution in [0.25, 0.3) is 0 Å². The highest BCUT2D eigenvalue weighted by molar-refractivity contribution is 5.91. The molecule has 0 saturated carbocycles. The van der Waals surface area contributed by atoms with E-state index in [0.717, 1.165) is 18.3 Å². The van der Waals surface area contributed by atoms with Gasteiger partial charge in [0.25, 0.3) is 0 Å². The van der Waals surface area contributed by atoms with Gasteiger partial charge >= 0.3 is 0 Å². The molecular formula is C15H26O. The Hall–Kier alpha value is -0.590. The average Bonchev–Trinajstić information content (AvgIpc) is 2.23. The SMILES string of the molecule is CC1C=CC(=O)[C@H](C)CC[C@@H](C(C)C)CC1. The van der Waals surface area contributed by atoms with Gasteiger partial charge in [-0.2, -0.15) is 0 Å². The second-order valence-electron chi connectivity index (χ2n) is 5.80. The smallest absolute Gasteiger partial charge is 0.158 e. The summed E-state index contributed by atoms with van der Waals surface area (Å²) in [7, 11) is 0. The van der Waals surface area contributed by atoms with Crippen LogP contribution in [0, 0.1) is 23.7 Å². The number of allylic oxidation sites excluding steroid dienone is 2. The van der Waals surface area contributed by atoms with Crippen molar-refractivity contribution in [2.24, 2.45) is 23.7 Å². The van der Waals surface area contributed by atoms with Gasteiger partial charge in [-0.1, -0.05) is 33.8 Å². The van der Waals surface area contributed by atoms with Crippen LogP contribution in [0.3, 0.4) is 0 Å². The molecule has 1 aliphatic carbocycles. The summed E-state index contributed by atoms with van der Waals surface area (Å²) in [6.07, 6.45) is 8.71. The first kappa shape index (κ1) is 13.5. The third-order valence-electron chi connectivity index (χ3n) is 3.98. The van der Waals surface area contributed by atoms with Crippen LogP contribution in [0.5, 0.6) is 0 Å². The molecule has 1 heteroatoms. The van der Waals surface area contributed by atoms with Gasteiger partial charge in [-0.15, -0.1) is 0 Å². The summed E-state index contributed by atoms with van der Waals surface area (Å²) in [6, 6.07) is 0. The third kappa shape index (κ3) is 4.11. The molecule has 1 nitrogen and oxygen atoms in total. The minimum atomic E-state index is 0.211. The fourth-order valence-corrected chi connectivity index (χ4v) is 2.41. The van der Waals surface area contributed by atoms with Gasteiger partial charge in [0.15, 0.2) is 5.78 Å². The van der Waals surface area contributed by atoms with Gasteiger partial charge in [0, 0.05) is 5.92 Å². The zero-order valence-corrected chi connectivity index (χ0v) is 11.2. The molecule has 1 unspecified atom stereocenters. The number of ketones is 1. The minimum absolute atomic E-state index is 0.211. The number of rotatable bonds is 1. The van der Waals surface area contributed by atoms with Crippen molar-refractivity contribution in [3.05, 3.63) is 12.2 Å². The summed E-state index contributed by atoms with van der Waals surface area (Å²) >= 11 is 0. The zero-order chi connectivity index (χ0) is 12.1. The molecule has 0 amide bonds. The Morgan fingerprint density at radius 1 is 1.12 bits per heavy atom. The molecule has 0 aliphatic heterocycles. The van der Waals surface area contributed by atoms with Gasteiger partial charge in [-0.3, -0.25) is 4.79 Å². The number of carbonyl (C=O) groups is 1. The first-order valence-corrected chi connectivity index (χ1v) is 6.72. The Morgan fingerprint density at radius 3 is 2.38 bits per heavy atom. The highest BCUT2D eigenvalue weighted by Crippen LogP contribution is 2.28. The van der Waals surface area contributed by atoms with Crippen LogP contribution < -0.4 is 0 Å². The van der Waals surface area contributed by atoms with Gasteiger partial charge in [0.05, 0.1) is 0 Å². The molecule has 1 aliphatic rings. The van der Waals surface area contributed by atoms with E-state index >= 15 is 0 Å². The molecule has 0 radical (unpaired) electrons. The van der Waals surface area contributed by atoms with Crippen LogP contribution in [0.2, 0.25) is 0 Å². The van der Waals surface area contributed by atoms with E-state index < -0.39 is 0 Å². The maximum absolute atomic E-state index is 11.8. The van der Waals surface area contributed by atoms with E-state index in [4.69, 9.17) is 0 Å². The van der Waals surface area contributed by atoms with Crippen molar-refractivity contribution in [3.63, 3.8) is 0 Å². The topological polar surface area (TPSA) is 17.1 Å². The van der Waals surface area contributed by atoms with Gasteiger partial charge < -0.3 is 0 Å². The lowest BCUT2D eigenvalue weighted by Crippen LogP contribution is -2.16. The van der Waals surface area contributed by atoms with E-state index in [1.165, 1.54) is 19.3 Å². The maximum atomic E-state index is 11.8. The Bertz CT molecular complexity index is 252. The molecule has 0 aromatic rings. The van der Waals surface area contributed by atoms with Gasteiger partial charge in [-0.25, -0.2) is 0 Å². The summed E-state index contributed by atoms with van der Waals surface area (Å²) in [5.41, 5.74) is 0. The molecular weight excluding hydrogens is 196 g/mol. The Morgan fingerprint density at radius 2 is 1.75 bits per heavy atom. The van der Waals surface area contributed by atoms with Crippen molar-refractivity contribution in [1.29, 1.82) is 0 Å². The van der Waals surface area contributed by atoms with E-state index in [2.05, 4.69) is 33.8 Å². The van der Waals surface area contributed by atoms with E-state index in [9.17, 15) is 4.79 Å². The van der Waals surface area contributed by atoms with Crippen molar-refractivity contribution in [3.8, 4) is 0 Å². The lowest BCUT2D eigenvalue weighted by molar-refractivity contribution is -0.118. The Kier molecular flexibility index (Phi) is 5.24. The van der Waals surface area contributed by atoms with Crippen LogP contribution in [-0.4, -0.2) is 5.78 Å². The molecule has 1 rings (SSSR count). The van der Waals surface area contributed by atoms with Crippen molar-refractivity contribution in [1.82, 2.24) is 0 Å². The standard InChI is InChI=1S/C15H26O/c1-11(2)14-8-5-12(3)6-10-15(16)13(4)7-9-14/h6,10-14H,5,7-9H2,1-4H3/t12?,13-,14+/m1/s1. The summed E-state index contributed by atoms with van der Waals surface area (Å²) < 4.78 is 0. The van der Waals surface area contributed by atoms with Crippen molar-refractivity contribution in [2.45, 2.75) is 53.4 Å². The molecule has 0 aromatic heterocycles. The van der Waals surface area contributed by atoms with Crippen LogP contribution >= 0.6 is 0 Å². The fraction of sp³-hybridized carbons (Fsp3) is 0.800. The molecule has 0 fully saturated rings. The fourth-order valence-electron chi connectivity index (χ4n) is 2.41. The molecule has 3 atom stereocenters. The second-order valence-corrected chi connectivity index (χ2v) is 5.80. The zero-order valence-electron chi connectivity index (χ0n) is 11.2. The van der Waals surface area contributed by atoms with E-state index in [-0.39, 0.29) is 5.92 Å². The predicted octanol–water partition coefficient (Wildman–Crippen LogP) is 4.23. The summed E-state index contributed by atoms with van der Waals surface area (Å²) in [4.78, 5) is 11.8. The van der Waals surface area contributed by atoms with E-state index in [1.807, 2.05) is 6.08 Å². The van der Waals surface area contributed by atoms with Gasteiger partial charge in [0.2, 0.25) is 0 Å². The van der Waals surface area contributed by atoms with Gasteiger partial charge in [0.1, 0.15) is 0 Å². The summed E-state index contributed by atoms with van der Waals surface area (Å²) in [6.45, 7) is 8.90. The molecule has 16 heavy (non-hydrogen) atoms. The third-order valence-corrected chi connectivity index (χ3v) is 3.98. The first-order chi connectivity index (χ1) is 7.50. The number of hydrogen-bond acceptors (Lipinski definition) is 1. The summed E-state index contributed by atoms with van der Waals surface area (Å²) in [5.74, 6) is 2.62. The Labute approximate surface area is 100 Å².